The SMILES string of the molecule is CC(=O)SCC=Cc1ccc(F)cc1[N+](=O)[O-]. The number of thioether (sulfide) groups is 1. The maximum atomic E-state index is 12.8. The highest BCUT2D eigenvalue weighted by molar-refractivity contribution is 8.13. The maximum Gasteiger partial charge on any atom is 0.279 e. The third-order valence-electron chi connectivity index (χ3n) is 1.87. The summed E-state index contributed by atoms with van der Waals surface area (Å²) < 4.78 is 12.8. The van der Waals surface area contributed by atoms with E-state index in [1.807, 2.05) is 0 Å². The van der Waals surface area contributed by atoms with Gasteiger partial charge in [-0.25, -0.2) is 4.39 Å². The lowest BCUT2D eigenvalue weighted by atomic mass is 10.1. The van der Waals surface area contributed by atoms with Gasteiger partial charge in [0, 0.05) is 12.7 Å². The number of carbonyl (C=O) groups is 1. The number of hydrogen-bond acceptors (Lipinski definition) is 4. The third-order valence-corrected chi connectivity index (χ3v) is 2.64. The quantitative estimate of drug-likeness (QED) is 0.613. The van der Waals surface area contributed by atoms with E-state index >= 15 is 0 Å². The molecule has 0 aliphatic heterocycles. The molecule has 6 heteroatoms. The van der Waals surface area contributed by atoms with Crippen LogP contribution in [0, 0.1) is 15.9 Å². The summed E-state index contributed by atoms with van der Waals surface area (Å²) in [6, 6.07) is 3.37. The number of hydrogen-bond donors (Lipinski definition) is 0. The molecule has 1 rings (SSSR count). The van der Waals surface area contributed by atoms with Crippen LogP contribution in [0.1, 0.15) is 12.5 Å². The van der Waals surface area contributed by atoms with Crippen molar-refractivity contribution in [2.24, 2.45) is 0 Å². The van der Waals surface area contributed by atoms with E-state index < -0.39 is 10.7 Å². The van der Waals surface area contributed by atoms with Crippen molar-refractivity contribution in [3.05, 3.63) is 45.8 Å². The Kier molecular flexibility index (Phi) is 4.84. The Bertz CT molecular complexity index is 474. The first-order valence-electron chi connectivity index (χ1n) is 4.74. The fraction of sp³-hybridized carbons (Fsp3) is 0.182. The van der Waals surface area contributed by atoms with Crippen molar-refractivity contribution in [3.8, 4) is 0 Å². The van der Waals surface area contributed by atoms with E-state index in [9.17, 15) is 19.3 Å². The van der Waals surface area contributed by atoms with Gasteiger partial charge in [-0.3, -0.25) is 14.9 Å². The maximum absolute atomic E-state index is 12.8. The van der Waals surface area contributed by atoms with Gasteiger partial charge in [-0.2, -0.15) is 0 Å². The zero-order valence-corrected chi connectivity index (χ0v) is 9.87. The number of nitro groups is 1. The van der Waals surface area contributed by atoms with Crippen LogP contribution >= 0.6 is 11.8 Å². The van der Waals surface area contributed by atoms with Crippen molar-refractivity contribution in [2.45, 2.75) is 6.92 Å². The molecule has 0 saturated heterocycles. The van der Waals surface area contributed by atoms with Crippen LogP contribution in [0.15, 0.2) is 24.3 Å². The van der Waals surface area contributed by atoms with Crippen LogP contribution in [-0.2, 0) is 4.79 Å². The average molecular weight is 255 g/mol. The minimum Gasteiger partial charge on any atom is -0.288 e. The van der Waals surface area contributed by atoms with E-state index in [1.165, 1.54) is 19.1 Å². The Morgan fingerprint density at radius 1 is 1.59 bits per heavy atom. The number of nitrogens with zero attached hydrogens (tertiary/aromatic N) is 1. The highest BCUT2D eigenvalue weighted by atomic mass is 32.2. The smallest absolute Gasteiger partial charge is 0.279 e. The van der Waals surface area contributed by atoms with E-state index in [2.05, 4.69) is 0 Å². The number of rotatable bonds is 4. The van der Waals surface area contributed by atoms with E-state index in [0.717, 1.165) is 23.9 Å². The topological polar surface area (TPSA) is 60.2 Å². The van der Waals surface area contributed by atoms with Crippen LogP contribution in [0.5, 0.6) is 0 Å². The third kappa shape index (κ3) is 4.36. The molecule has 17 heavy (non-hydrogen) atoms. The number of benzene rings is 1. The predicted octanol–water partition coefficient (Wildman–Crippen LogP) is 3.03. The van der Waals surface area contributed by atoms with Crippen molar-refractivity contribution in [1.29, 1.82) is 0 Å². The standard InChI is InChI=1S/C11H10FNO3S/c1-8(14)17-6-2-3-9-4-5-10(12)7-11(9)13(15)16/h2-5,7H,6H2,1H3. The van der Waals surface area contributed by atoms with Crippen molar-refractivity contribution in [3.63, 3.8) is 0 Å². The molecule has 0 N–H and O–H groups in total. The molecule has 90 valence electrons. The Balaban J connectivity index is 2.83. The van der Waals surface area contributed by atoms with Gasteiger partial charge in [0.05, 0.1) is 16.6 Å². The fourth-order valence-electron chi connectivity index (χ4n) is 1.16. The van der Waals surface area contributed by atoms with Gasteiger partial charge in [-0.05, 0) is 12.1 Å². The Morgan fingerprint density at radius 2 is 2.29 bits per heavy atom. The van der Waals surface area contributed by atoms with Gasteiger partial charge >= 0.3 is 0 Å². The van der Waals surface area contributed by atoms with Crippen LogP contribution in [-0.4, -0.2) is 15.8 Å². The van der Waals surface area contributed by atoms with E-state index in [-0.39, 0.29) is 10.8 Å². The summed E-state index contributed by atoms with van der Waals surface area (Å²) in [5.74, 6) is -0.212. The van der Waals surface area contributed by atoms with E-state index in [4.69, 9.17) is 0 Å². The van der Waals surface area contributed by atoms with Gasteiger partial charge in [0.15, 0.2) is 5.12 Å². The van der Waals surface area contributed by atoms with Crippen LogP contribution in [0.2, 0.25) is 0 Å². The largest absolute Gasteiger partial charge is 0.288 e. The second-order valence-corrected chi connectivity index (χ2v) is 4.36. The first-order chi connectivity index (χ1) is 8.00. The van der Waals surface area contributed by atoms with E-state index in [1.54, 1.807) is 6.08 Å². The lowest BCUT2D eigenvalue weighted by Gasteiger charge is -1.97. The van der Waals surface area contributed by atoms with Gasteiger partial charge in [0.1, 0.15) is 5.82 Å². The summed E-state index contributed by atoms with van der Waals surface area (Å²) in [6.07, 6.45) is 3.14. The highest BCUT2D eigenvalue weighted by Crippen LogP contribution is 2.21. The summed E-state index contributed by atoms with van der Waals surface area (Å²) in [5.41, 5.74) is 0.0367. The van der Waals surface area contributed by atoms with Gasteiger partial charge < -0.3 is 0 Å². The van der Waals surface area contributed by atoms with Crippen molar-refractivity contribution < 1.29 is 14.1 Å². The molecule has 0 aliphatic rings. The summed E-state index contributed by atoms with van der Waals surface area (Å²) in [7, 11) is 0. The average Bonchev–Trinajstić information content (AvgIpc) is 2.25. The van der Waals surface area contributed by atoms with Gasteiger partial charge in [-0.15, -0.1) is 0 Å². The number of nitro benzene ring substituents is 1. The van der Waals surface area contributed by atoms with Gasteiger partial charge in [0.2, 0.25) is 0 Å². The Morgan fingerprint density at radius 3 is 2.88 bits per heavy atom. The summed E-state index contributed by atoms with van der Waals surface area (Å²) in [4.78, 5) is 20.7. The van der Waals surface area contributed by atoms with Crippen LogP contribution in [0.3, 0.4) is 0 Å². The molecule has 0 heterocycles. The minimum atomic E-state index is -0.646. The van der Waals surface area contributed by atoms with E-state index in [0.29, 0.717) is 11.3 Å². The van der Waals surface area contributed by atoms with Crippen molar-refractivity contribution in [1.82, 2.24) is 0 Å². The van der Waals surface area contributed by atoms with Crippen LogP contribution in [0.4, 0.5) is 10.1 Å². The fourth-order valence-corrected chi connectivity index (χ4v) is 1.58. The van der Waals surface area contributed by atoms with Crippen LogP contribution < -0.4 is 0 Å². The second-order valence-electron chi connectivity index (χ2n) is 3.17. The molecular formula is C11H10FNO3S. The second kappa shape index (κ2) is 6.15. The van der Waals surface area contributed by atoms with Gasteiger partial charge in [-0.1, -0.05) is 23.9 Å². The lowest BCUT2D eigenvalue weighted by Crippen LogP contribution is -1.92. The molecular weight excluding hydrogens is 245 g/mol. The first-order valence-corrected chi connectivity index (χ1v) is 5.73. The highest BCUT2D eigenvalue weighted by Gasteiger charge is 2.12. The molecule has 0 aliphatic carbocycles. The zero-order chi connectivity index (χ0) is 12.8. The molecule has 0 spiro atoms. The summed E-state index contributed by atoms with van der Waals surface area (Å²) in [5, 5.41) is 10.6. The molecule has 0 unspecified atom stereocenters. The van der Waals surface area contributed by atoms with Crippen molar-refractivity contribution in [2.75, 3.05) is 5.75 Å². The molecule has 0 saturated carbocycles. The van der Waals surface area contributed by atoms with Crippen LogP contribution in [0.25, 0.3) is 6.08 Å². The molecule has 0 aromatic heterocycles. The summed E-state index contributed by atoms with van der Waals surface area (Å²) in [6.45, 7) is 1.44. The number of halogens is 1. The van der Waals surface area contributed by atoms with Crippen molar-refractivity contribution >= 4 is 28.6 Å². The molecule has 0 fully saturated rings. The molecule has 4 nitrogen and oxygen atoms in total. The molecule has 1 aromatic rings. The summed E-state index contributed by atoms with van der Waals surface area (Å²) >= 11 is 1.10. The Hall–Kier alpha value is -1.69. The zero-order valence-electron chi connectivity index (χ0n) is 9.05. The predicted molar refractivity (Wildman–Crippen MR) is 65.2 cm³/mol. The molecule has 1 aromatic carbocycles. The number of carbonyl (C=O) groups excluding carboxylic acids is 1. The Labute approximate surface area is 102 Å². The van der Waals surface area contributed by atoms with Gasteiger partial charge in [0.25, 0.3) is 5.69 Å². The normalized spacial score (nSPS) is 10.7. The first kappa shape index (κ1) is 13.4. The minimum absolute atomic E-state index is 0.0248. The molecule has 0 amide bonds. The molecule has 0 bridgehead atoms. The lowest BCUT2D eigenvalue weighted by molar-refractivity contribution is -0.385. The molecule has 0 atom stereocenters. The monoisotopic (exact) mass is 255 g/mol. The molecule has 0 radical (unpaired) electrons.